The molecule has 0 saturated carbocycles. The number of alkyl halides is 3. The quantitative estimate of drug-likeness (QED) is 0.585. The van der Waals surface area contributed by atoms with E-state index < -0.39 is 17.9 Å². The van der Waals surface area contributed by atoms with Crippen LogP contribution in [-0.2, 0) is 4.74 Å². The van der Waals surface area contributed by atoms with E-state index in [9.17, 15) is 13.2 Å². The highest BCUT2D eigenvalue weighted by Crippen LogP contribution is 2.28. The minimum atomic E-state index is -4.44. The Hall–Kier alpha value is -0.820. The largest absolute Gasteiger partial charge is 0.399 e. The van der Waals surface area contributed by atoms with Gasteiger partial charge in [-0.05, 0) is 25.3 Å². The van der Waals surface area contributed by atoms with E-state index in [0.717, 1.165) is 12.8 Å². The van der Waals surface area contributed by atoms with Crippen molar-refractivity contribution in [2.75, 3.05) is 33.4 Å². The minimum absolute atomic E-state index is 0.223. The first kappa shape index (κ1) is 15.2. The summed E-state index contributed by atoms with van der Waals surface area (Å²) >= 11 is 0. The molecule has 0 aromatic heterocycles. The van der Waals surface area contributed by atoms with Crippen LogP contribution in [0.15, 0.2) is 0 Å². The molecule has 1 aliphatic rings. The van der Waals surface area contributed by atoms with Crippen molar-refractivity contribution < 1.29 is 17.9 Å². The molecule has 7 heteroatoms. The number of amidine groups is 1. The topological polar surface area (TPSA) is 62.3 Å². The van der Waals surface area contributed by atoms with Crippen molar-refractivity contribution in [3.05, 3.63) is 0 Å². The number of nitrogens with zero attached hydrogens (tertiary/aromatic N) is 1. The SMILES string of the molecule is COCC1CCCN(CC(C(=N)N)C(F)(F)F)C1. The van der Waals surface area contributed by atoms with Crippen LogP contribution in [0, 0.1) is 17.2 Å². The van der Waals surface area contributed by atoms with Crippen molar-refractivity contribution in [1.82, 2.24) is 4.90 Å². The zero-order valence-corrected chi connectivity index (χ0v) is 10.5. The van der Waals surface area contributed by atoms with Crippen LogP contribution in [-0.4, -0.2) is 50.3 Å². The van der Waals surface area contributed by atoms with Gasteiger partial charge in [-0.3, -0.25) is 5.41 Å². The smallest absolute Gasteiger partial charge is 0.387 e. The van der Waals surface area contributed by atoms with E-state index >= 15 is 0 Å². The van der Waals surface area contributed by atoms with Gasteiger partial charge >= 0.3 is 6.18 Å². The highest BCUT2D eigenvalue weighted by Gasteiger charge is 2.43. The molecule has 2 unspecified atom stereocenters. The van der Waals surface area contributed by atoms with Gasteiger partial charge in [-0.25, -0.2) is 0 Å². The summed E-state index contributed by atoms with van der Waals surface area (Å²) in [6, 6.07) is 0. The van der Waals surface area contributed by atoms with Crippen LogP contribution in [0.5, 0.6) is 0 Å². The lowest BCUT2D eigenvalue weighted by atomic mass is 9.97. The molecule has 3 N–H and O–H groups in total. The molecule has 1 saturated heterocycles. The average molecular weight is 267 g/mol. The first-order valence-corrected chi connectivity index (χ1v) is 5.96. The molecule has 4 nitrogen and oxygen atoms in total. The second-order valence-electron chi connectivity index (χ2n) is 4.77. The molecule has 106 valence electrons. The number of piperidine rings is 1. The zero-order valence-electron chi connectivity index (χ0n) is 10.5. The second kappa shape index (κ2) is 6.38. The Morgan fingerprint density at radius 2 is 2.22 bits per heavy atom. The zero-order chi connectivity index (χ0) is 13.8. The second-order valence-corrected chi connectivity index (χ2v) is 4.77. The number of nitrogens with two attached hydrogens (primary N) is 1. The highest BCUT2D eigenvalue weighted by atomic mass is 19.4. The molecule has 0 aliphatic carbocycles. The molecule has 0 amide bonds. The predicted octanol–water partition coefficient (Wildman–Crippen LogP) is 1.46. The minimum Gasteiger partial charge on any atom is -0.387 e. The van der Waals surface area contributed by atoms with Gasteiger partial charge in [0.15, 0.2) is 0 Å². The normalized spacial score (nSPS) is 23.9. The number of rotatable bonds is 5. The van der Waals surface area contributed by atoms with Gasteiger partial charge in [0.05, 0.1) is 6.61 Å². The summed E-state index contributed by atoms with van der Waals surface area (Å²) in [4.78, 5) is 1.73. The van der Waals surface area contributed by atoms with E-state index in [4.69, 9.17) is 15.9 Å². The molecule has 1 fully saturated rings. The number of likely N-dealkylation sites (tertiary alicyclic amines) is 1. The van der Waals surface area contributed by atoms with Crippen molar-refractivity contribution >= 4 is 5.84 Å². The van der Waals surface area contributed by atoms with Crippen LogP contribution in [0.3, 0.4) is 0 Å². The molecular weight excluding hydrogens is 247 g/mol. The summed E-state index contributed by atoms with van der Waals surface area (Å²) in [6.45, 7) is 1.54. The van der Waals surface area contributed by atoms with Gasteiger partial charge in [-0.15, -0.1) is 0 Å². The Bertz CT molecular complexity index is 281. The van der Waals surface area contributed by atoms with Gasteiger partial charge in [0.2, 0.25) is 0 Å². The number of nitrogens with one attached hydrogen (secondary N) is 1. The fraction of sp³-hybridized carbons (Fsp3) is 0.909. The molecule has 0 aromatic carbocycles. The lowest BCUT2D eigenvalue weighted by molar-refractivity contribution is -0.161. The van der Waals surface area contributed by atoms with E-state index in [2.05, 4.69) is 0 Å². The summed E-state index contributed by atoms with van der Waals surface area (Å²) in [5.74, 6) is -2.40. The van der Waals surface area contributed by atoms with Crippen LogP contribution in [0.25, 0.3) is 0 Å². The molecule has 0 spiro atoms. The van der Waals surface area contributed by atoms with Gasteiger partial charge < -0.3 is 15.4 Å². The fourth-order valence-electron chi connectivity index (χ4n) is 2.33. The molecule has 1 aliphatic heterocycles. The molecule has 1 heterocycles. The molecule has 1 rings (SSSR count). The van der Waals surface area contributed by atoms with Gasteiger partial charge in [-0.1, -0.05) is 0 Å². The van der Waals surface area contributed by atoms with Crippen molar-refractivity contribution in [1.29, 1.82) is 5.41 Å². The van der Waals surface area contributed by atoms with Crippen LogP contribution >= 0.6 is 0 Å². The van der Waals surface area contributed by atoms with Crippen LogP contribution < -0.4 is 5.73 Å². The average Bonchev–Trinajstić information content (AvgIpc) is 2.25. The van der Waals surface area contributed by atoms with Gasteiger partial charge in [-0.2, -0.15) is 13.2 Å². The Morgan fingerprint density at radius 1 is 1.56 bits per heavy atom. The predicted molar refractivity (Wildman–Crippen MR) is 62.5 cm³/mol. The molecule has 18 heavy (non-hydrogen) atoms. The third-order valence-electron chi connectivity index (χ3n) is 3.22. The summed E-state index contributed by atoms with van der Waals surface area (Å²) in [5.41, 5.74) is 5.05. The van der Waals surface area contributed by atoms with Crippen molar-refractivity contribution in [2.45, 2.75) is 19.0 Å². The van der Waals surface area contributed by atoms with Crippen molar-refractivity contribution in [2.24, 2.45) is 17.6 Å². The number of hydrogen-bond acceptors (Lipinski definition) is 3. The highest BCUT2D eigenvalue weighted by molar-refractivity contribution is 5.80. The first-order chi connectivity index (χ1) is 8.34. The maximum absolute atomic E-state index is 12.7. The van der Waals surface area contributed by atoms with Crippen molar-refractivity contribution in [3.63, 3.8) is 0 Å². The van der Waals surface area contributed by atoms with E-state index in [1.165, 1.54) is 0 Å². The third kappa shape index (κ3) is 4.45. The van der Waals surface area contributed by atoms with E-state index in [0.29, 0.717) is 19.7 Å². The van der Waals surface area contributed by atoms with Crippen LogP contribution in [0.4, 0.5) is 13.2 Å². The standard InChI is InChI=1S/C11H20F3N3O/c1-18-7-8-3-2-4-17(5-8)6-9(10(15)16)11(12,13)14/h8-9H,2-7H2,1H3,(H3,15,16). The first-order valence-electron chi connectivity index (χ1n) is 5.96. The summed E-state index contributed by atoms with van der Waals surface area (Å²) in [6.07, 6.45) is -2.61. The summed E-state index contributed by atoms with van der Waals surface area (Å²) in [7, 11) is 1.59. The molecule has 0 radical (unpaired) electrons. The van der Waals surface area contributed by atoms with Crippen molar-refractivity contribution in [3.8, 4) is 0 Å². The molecule has 2 atom stereocenters. The Kier molecular flexibility index (Phi) is 5.40. The van der Waals surface area contributed by atoms with E-state index in [-0.39, 0.29) is 12.5 Å². The maximum atomic E-state index is 12.7. The number of hydrogen-bond donors (Lipinski definition) is 2. The molecular formula is C11H20F3N3O. The van der Waals surface area contributed by atoms with Gasteiger partial charge in [0, 0.05) is 20.2 Å². The third-order valence-corrected chi connectivity index (χ3v) is 3.22. The maximum Gasteiger partial charge on any atom is 0.399 e. The van der Waals surface area contributed by atoms with Crippen LogP contribution in [0.1, 0.15) is 12.8 Å². The lowest BCUT2D eigenvalue weighted by Crippen LogP contribution is -2.47. The molecule has 0 bridgehead atoms. The Morgan fingerprint density at radius 3 is 2.72 bits per heavy atom. The number of halogens is 3. The van der Waals surface area contributed by atoms with Gasteiger partial charge in [0.25, 0.3) is 0 Å². The van der Waals surface area contributed by atoms with E-state index in [1.807, 2.05) is 0 Å². The lowest BCUT2D eigenvalue weighted by Gasteiger charge is -2.34. The molecule has 0 aromatic rings. The Labute approximate surface area is 105 Å². The summed E-state index contributed by atoms with van der Waals surface area (Å²) in [5, 5.41) is 7.06. The van der Waals surface area contributed by atoms with Gasteiger partial charge in [0.1, 0.15) is 11.8 Å². The van der Waals surface area contributed by atoms with Crippen LogP contribution in [0.2, 0.25) is 0 Å². The Balaban J connectivity index is 2.56. The number of ether oxygens (including phenoxy) is 1. The fourth-order valence-corrected chi connectivity index (χ4v) is 2.33. The van der Waals surface area contributed by atoms with E-state index in [1.54, 1.807) is 12.0 Å². The monoisotopic (exact) mass is 267 g/mol. The number of methoxy groups -OCH3 is 1. The summed E-state index contributed by atoms with van der Waals surface area (Å²) < 4.78 is 43.1.